The van der Waals surface area contributed by atoms with E-state index in [0.29, 0.717) is 12.5 Å². The minimum absolute atomic E-state index is 0.298. The Balaban J connectivity index is 1.13. The monoisotopic (exact) mass is 406 g/mol. The molecule has 0 aromatic heterocycles. The van der Waals surface area contributed by atoms with E-state index in [1.165, 1.54) is 11.1 Å². The average Bonchev–Trinajstić information content (AvgIpc) is 2.80. The van der Waals surface area contributed by atoms with E-state index >= 15 is 0 Å². The van der Waals surface area contributed by atoms with Crippen LogP contribution in [0.25, 0.3) is 0 Å². The molecule has 2 heterocycles. The van der Waals surface area contributed by atoms with Crippen molar-refractivity contribution in [2.45, 2.75) is 13.0 Å². The molecular formula is C25H34N4O. The number of nitrogens with zero attached hydrogens (tertiary/aromatic N) is 4. The molecule has 2 aliphatic heterocycles. The van der Waals surface area contributed by atoms with Gasteiger partial charge in [-0.25, -0.2) is 0 Å². The number of piperazine rings is 2. The summed E-state index contributed by atoms with van der Waals surface area (Å²) in [6.07, 6.45) is 1.10. The summed E-state index contributed by atoms with van der Waals surface area (Å²) in [5, 5.41) is 0. The van der Waals surface area contributed by atoms with Crippen molar-refractivity contribution in [1.29, 1.82) is 0 Å². The molecule has 0 spiro atoms. The van der Waals surface area contributed by atoms with Gasteiger partial charge in [-0.2, -0.15) is 0 Å². The molecule has 4 rings (SSSR count). The lowest BCUT2D eigenvalue weighted by Gasteiger charge is -2.38. The maximum Gasteiger partial charge on any atom is 0.236 e. The molecule has 0 saturated carbocycles. The van der Waals surface area contributed by atoms with E-state index in [1.54, 1.807) is 0 Å². The molecule has 5 nitrogen and oxygen atoms in total. The Morgan fingerprint density at radius 3 is 1.80 bits per heavy atom. The van der Waals surface area contributed by atoms with E-state index in [0.717, 1.165) is 71.9 Å². The van der Waals surface area contributed by atoms with E-state index in [4.69, 9.17) is 0 Å². The van der Waals surface area contributed by atoms with Crippen LogP contribution >= 0.6 is 0 Å². The highest BCUT2D eigenvalue weighted by atomic mass is 16.2. The Hall–Kier alpha value is -2.21. The van der Waals surface area contributed by atoms with Gasteiger partial charge in [0.05, 0.1) is 6.54 Å². The van der Waals surface area contributed by atoms with Crippen LogP contribution in [-0.4, -0.2) is 91.0 Å². The van der Waals surface area contributed by atoms with E-state index in [2.05, 4.69) is 80.3 Å². The maximum absolute atomic E-state index is 12.8. The molecule has 0 N–H and O–H groups in total. The Labute approximate surface area is 180 Å². The molecule has 2 aromatic rings. The van der Waals surface area contributed by atoms with Crippen molar-refractivity contribution in [3.8, 4) is 0 Å². The highest BCUT2D eigenvalue weighted by Gasteiger charge is 2.24. The predicted molar refractivity (Wildman–Crippen MR) is 121 cm³/mol. The zero-order chi connectivity index (χ0) is 20.6. The number of hydrogen-bond donors (Lipinski definition) is 0. The average molecular weight is 407 g/mol. The summed E-state index contributed by atoms with van der Waals surface area (Å²) in [5.74, 6) is 0.298. The van der Waals surface area contributed by atoms with Gasteiger partial charge in [-0.3, -0.25) is 14.6 Å². The van der Waals surface area contributed by atoms with Gasteiger partial charge >= 0.3 is 0 Å². The normalized spacial score (nSPS) is 19.1. The molecule has 1 amide bonds. The van der Waals surface area contributed by atoms with Gasteiger partial charge in [-0.15, -0.1) is 0 Å². The second-order valence-corrected chi connectivity index (χ2v) is 8.50. The van der Waals surface area contributed by atoms with E-state index in [1.807, 2.05) is 0 Å². The van der Waals surface area contributed by atoms with Crippen molar-refractivity contribution in [2.24, 2.45) is 0 Å². The molecule has 2 fully saturated rings. The smallest absolute Gasteiger partial charge is 0.236 e. The lowest BCUT2D eigenvalue weighted by atomic mass is 10.1. The zero-order valence-corrected chi connectivity index (χ0v) is 18.0. The SMILES string of the molecule is O=C(CN1CCN(CCc2ccccc2)CC1)N1CCN(Cc2ccccc2)CC1. The van der Waals surface area contributed by atoms with Gasteiger partial charge < -0.3 is 9.80 Å². The minimum Gasteiger partial charge on any atom is -0.339 e. The van der Waals surface area contributed by atoms with Crippen molar-refractivity contribution in [3.05, 3.63) is 71.8 Å². The molecule has 160 valence electrons. The van der Waals surface area contributed by atoms with Gasteiger partial charge in [0.2, 0.25) is 5.91 Å². The molecule has 2 saturated heterocycles. The molecule has 0 aliphatic carbocycles. The van der Waals surface area contributed by atoms with E-state index in [-0.39, 0.29) is 0 Å². The quantitative estimate of drug-likeness (QED) is 0.705. The molecule has 0 atom stereocenters. The van der Waals surface area contributed by atoms with Gasteiger partial charge in [0.25, 0.3) is 0 Å². The zero-order valence-electron chi connectivity index (χ0n) is 18.0. The van der Waals surface area contributed by atoms with Crippen LogP contribution in [0.1, 0.15) is 11.1 Å². The second kappa shape index (κ2) is 10.7. The molecule has 0 bridgehead atoms. The van der Waals surface area contributed by atoms with E-state index < -0.39 is 0 Å². The maximum atomic E-state index is 12.8. The van der Waals surface area contributed by atoms with Gasteiger partial charge in [-0.1, -0.05) is 60.7 Å². The summed E-state index contributed by atoms with van der Waals surface area (Å²) in [4.78, 5) is 22.1. The summed E-state index contributed by atoms with van der Waals surface area (Å²) >= 11 is 0. The number of benzene rings is 2. The standard InChI is InChI=1S/C25H34N4O/c30-25(29-19-17-27(18-20-29)21-24-9-5-2-6-10-24)22-28-15-13-26(14-16-28)12-11-23-7-3-1-4-8-23/h1-10H,11-22H2. The van der Waals surface area contributed by atoms with Crippen LogP contribution in [-0.2, 0) is 17.8 Å². The van der Waals surface area contributed by atoms with Crippen LogP contribution < -0.4 is 0 Å². The van der Waals surface area contributed by atoms with Crippen LogP contribution in [0.15, 0.2) is 60.7 Å². The highest BCUT2D eigenvalue weighted by Crippen LogP contribution is 2.10. The number of rotatable bonds is 7. The first-order valence-electron chi connectivity index (χ1n) is 11.3. The molecular weight excluding hydrogens is 372 g/mol. The number of carbonyl (C=O) groups is 1. The molecule has 0 unspecified atom stereocenters. The number of carbonyl (C=O) groups excluding carboxylic acids is 1. The Kier molecular flexibility index (Phi) is 7.51. The fraction of sp³-hybridized carbons (Fsp3) is 0.480. The van der Waals surface area contributed by atoms with Gasteiger partial charge in [0.1, 0.15) is 0 Å². The number of amides is 1. The summed E-state index contributed by atoms with van der Waals surface area (Å²) < 4.78 is 0. The van der Waals surface area contributed by atoms with Crippen molar-refractivity contribution in [3.63, 3.8) is 0 Å². The van der Waals surface area contributed by atoms with Crippen LogP contribution in [0.2, 0.25) is 0 Å². The van der Waals surface area contributed by atoms with Gasteiger partial charge in [0, 0.05) is 65.4 Å². The van der Waals surface area contributed by atoms with Crippen LogP contribution in [0.5, 0.6) is 0 Å². The first-order chi connectivity index (χ1) is 14.8. The fourth-order valence-corrected chi connectivity index (χ4v) is 4.39. The fourth-order valence-electron chi connectivity index (χ4n) is 4.39. The predicted octanol–water partition coefficient (Wildman–Crippen LogP) is 2.19. The molecule has 30 heavy (non-hydrogen) atoms. The minimum atomic E-state index is 0.298. The highest BCUT2D eigenvalue weighted by molar-refractivity contribution is 5.78. The summed E-state index contributed by atoms with van der Waals surface area (Å²) in [7, 11) is 0. The number of hydrogen-bond acceptors (Lipinski definition) is 4. The third-order valence-electron chi connectivity index (χ3n) is 6.36. The van der Waals surface area contributed by atoms with Crippen LogP contribution in [0.3, 0.4) is 0 Å². The summed E-state index contributed by atoms with van der Waals surface area (Å²) in [5.41, 5.74) is 2.75. The van der Waals surface area contributed by atoms with Crippen molar-refractivity contribution < 1.29 is 4.79 Å². The Bertz CT molecular complexity index is 766. The van der Waals surface area contributed by atoms with E-state index in [9.17, 15) is 4.79 Å². The largest absolute Gasteiger partial charge is 0.339 e. The van der Waals surface area contributed by atoms with Gasteiger partial charge in [-0.05, 0) is 17.5 Å². The van der Waals surface area contributed by atoms with Crippen LogP contribution in [0.4, 0.5) is 0 Å². The summed E-state index contributed by atoms with van der Waals surface area (Å²) in [6, 6.07) is 21.3. The molecule has 2 aromatic carbocycles. The molecule has 0 radical (unpaired) electrons. The Morgan fingerprint density at radius 2 is 1.17 bits per heavy atom. The first kappa shape index (κ1) is 21.0. The lowest BCUT2D eigenvalue weighted by Crippen LogP contribution is -2.53. The molecule has 5 heteroatoms. The van der Waals surface area contributed by atoms with Gasteiger partial charge in [0.15, 0.2) is 0 Å². The summed E-state index contributed by atoms with van der Waals surface area (Å²) in [6.45, 7) is 10.4. The van der Waals surface area contributed by atoms with Crippen molar-refractivity contribution in [1.82, 2.24) is 19.6 Å². The lowest BCUT2D eigenvalue weighted by molar-refractivity contribution is -0.134. The van der Waals surface area contributed by atoms with Crippen LogP contribution in [0, 0.1) is 0 Å². The third-order valence-corrected chi connectivity index (χ3v) is 6.36. The second-order valence-electron chi connectivity index (χ2n) is 8.50. The Morgan fingerprint density at radius 1 is 0.633 bits per heavy atom. The molecule has 2 aliphatic rings. The van der Waals surface area contributed by atoms with Crippen molar-refractivity contribution >= 4 is 5.91 Å². The third kappa shape index (κ3) is 6.14. The first-order valence-corrected chi connectivity index (χ1v) is 11.3. The van der Waals surface area contributed by atoms with Crippen molar-refractivity contribution in [2.75, 3.05) is 65.4 Å². The topological polar surface area (TPSA) is 30.0 Å².